The molecule has 8 heteroatoms. The van der Waals surface area contributed by atoms with Crippen molar-refractivity contribution >= 4 is 34.7 Å². The van der Waals surface area contributed by atoms with Crippen LogP contribution in [0.1, 0.15) is 18.9 Å². The van der Waals surface area contributed by atoms with Crippen molar-refractivity contribution in [2.75, 3.05) is 11.4 Å². The number of imide groups is 1. The van der Waals surface area contributed by atoms with Crippen molar-refractivity contribution in [2.24, 2.45) is 5.73 Å². The van der Waals surface area contributed by atoms with Gasteiger partial charge in [-0.3, -0.25) is 14.9 Å². The van der Waals surface area contributed by atoms with Gasteiger partial charge >= 0.3 is 0 Å². The van der Waals surface area contributed by atoms with Gasteiger partial charge in [0.1, 0.15) is 11.0 Å². The minimum atomic E-state index is -1.19. The fourth-order valence-corrected chi connectivity index (χ4v) is 2.43. The number of halogens is 2. The number of anilines is 1. The van der Waals surface area contributed by atoms with E-state index in [-0.39, 0.29) is 22.8 Å². The van der Waals surface area contributed by atoms with Gasteiger partial charge in [-0.05, 0) is 18.6 Å². The first-order valence-electron chi connectivity index (χ1n) is 6.25. The Hall–Kier alpha value is -2.09. The standard InChI is InChI=1S/C13H13F2N3O2S/c1-2-7-13(20)17-9(19)5-18(7)8-4-3-6(12(16)21)10(14)11(8)15/h3-4,7H,2,5H2,1H3,(H2,16,21)(H,17,19,20). The molecule has 2 amide bonds. The summed E-state index contributed by atoms with van der Waals surface area (Å²) < 4.78 is 28.1. The van der Waals surface area contributed by atoms with E-state index in [2.05, 4.69) is 17.5 Å². The molecular formula is C13H13F2N3O2S. The van der Waals surface area contributed by atoms with E-state index in [9.17, 15) is 18.4 Å². The Kier molecular flexibility index (Phi) is 4.17. The second-order valence-electron chi connectivity index (χ2n) is 4.59. The van der Waals surface area contributed by atoms with Crippen LogP contribution >= 0.6 is 12.2 Å². The third-order valence-electron chi connectivity index (χ3n) is 3.28. The summed E-state index contributed by atoms with van der Waals surface area (Å²) in [5.41, 5.74) is 4.92. The van der Waals surface area contributed by atoms with E-state index in [0.717, 1.165) is 0 Å². The fraction of sp³-hybridized carbons (Fsp3) is 0.308. The summed E-state index contributed by atoms with van der Waals surface area (Å²) >= 11 is 4.63. The first kappa shape index (κ1) is 15.3. The first-order chi connectivity index (χ1) is 9.86. The molecule has 1 aliphatic heterocycles. The van der Waals surface area contributed by atoms with Crippen LogP contribution in [0.3, 0.4) is 0 Å². The molecule has 1 fully saturated rings. The number of nitrogens with two attached hydrogens (primary N) is 1. The normalized spacial score (nSPS) is 18.6. The van der Waals surface area contributed by atoms with Crippen LogP contribution in [0.25, 0.3) is 0 Å². The molecular weight excluding hydrogens is 300 g/mol. The summed E-state index contributed by atoms with van der Waals surface area (Å²) in [6, 6.07) is 1.76. The van der Waals surface area contributed by atoms with E-state index >= 15 is 0 Å². The van der Waals surface area contributed by atoms with Gasteiger partial charge in [0, 0.05) is 5.56 Å². The van der Waals surface area contributed by atoms with Gasteiger partial charge in [0.05, 0.1) is 12.2 Å². The predicted molar refractivity (Wildman–Crippen MR) is 76.8 cm³/mol. The molecule has 1 heterocycles. The van der Waals surface area contributed by atoms with E-state index in [1.807, 2.05) is 0 Å². The van der Waals surface area contributed by atoms with Crippen LogP contribution in [-0.4, -0.2) is 29.4 Å². The molecule has 1 atom stereocenters. The number of nitrogens with one attached hydrogen (secondary N) is 1. The summed E-state index contributed by atoms with van der Waals surface area (Å²) in [6.07, 6.45) is 0.344. The van der Waals surface area contributed by atoms with E-state index in [1.54, 1.807) is 6.92 Å². The second kappa shape index (κ2) is 5.72. The summed E-state index contributed by atoms with van der Waals surface area (Å²) in [5, 5.41) is 2.17. The third-order valence-corrected chi connectivity index (χ3v) is 3.50. The Morgan fingerprint density at radius 2 is 2.10 bits per heavy atom. The Morgan fingerprint density at radius 3 is 2.67 bits per heavy atom. The minimum absolute atomic E-state index is 0.164. The SMILES string of the molecule is CCC1C(=O)NC(=O)CN1c1ccc(C(N)=S)c(F)c1F. The van der Waals surface area contributed by atoms with Crippen molar-refractivity contribution in [1.29, 1.82) is 0 Å². The Labute approximate surface area is 125 Å². The van der Waals surface area contributed by atoms with Crippen LogP contribution in [0.2, 0.25) is 0 Å². The molecule has 3 N–H and O–H groups in total. The van der Waals surface area contributed by atoms with Crippen molar-refractivity contribution in [3.8, 4) is 0 Å². The average Bonchev–Trinajstić information content (AvgIpc) is 2.40. The number of rotatable bonds is 3. The smallest absolute Gasteiger partial charge is 0.249 e. The number of carbonyl (C=O) groups excluding carboxylic acids is 2. The molecule has 1 aromatic rings. The molecule has 1 saturated heterocycles. The van der Waals surface area contributed by atoms with Gasteiger partial charge in [0.25, 0.3) is 0 Å². The van der Waals surface area contributed by atoms with Gasteiger partial charge in [0.15, 0.2) is 11.6 Å². The van der Waals surface area contributed by atoms with Crippen LogP contribution in [0.15, 0.2) is 12.1 Å². The summed E-state index contributed by atoms with van der Waals surface area (Å²) in [6.45, 7) is 1.48. The fourth-order valence-electron chi connectivity index (χ4n) is 2.28. The zero-order valence-corrected chi connectivity index (χ0v) is 12.0. The summed E-state index contributed by atoms with van der Waals surface area (Å²) in [7, 11) is 0. The predicted octanol–water partition coefficient (Wildman–Crippen LogP) is 0.840. The van der Waals surface area contributed by atoms with Crippen molar-refractivity contribution in [3.05, 3.63) is 29.3 Å². The minimum Gasteiger partial charge on any atom is -0.389 e. The maximum absolute atomic E-state index is 14.2. The molecule has 1 unspecified atom stereocenters. The van der Waals surface area contributed by atoms with Gasteiger partial charge in [-0.25, -0.2) is 8.78 Å². The molecule has 5 nitrogen and oxygen atoms in total. The van der Waals surface area contributed by atoms with E-state index in [4.69, 9.17) is 5.73 Å². The van der Waals surface area contributed by atoms with Crippen molar-refractivity contribution in [3.63, 3.8) is 0 Å². The van der Waals surface area contributed by atoms with Crippen LogP contribution < -0.4 is 16.0 Å². The van der Waals surface area contributed by atoms with Crippen molar-refractivity contribution in [1.82, 2.24) is 5.32 Å². The molecule has 112 valence electrons. The number of hydrogen-bond acceptors (Lipinski definition) is 4. The number of benzene rings is 1. The number of amides is 2. The van der Waals surface area contributed by atoms with Crippen LogP contribution in [0.4, 0.5) is 14.5 Å². The average molecular weight is 313 g/mol. The molecule has 0 radical (unpaired) electrons. The van der Waals surface area contributed by atoms with Gasteiger partial charge in [0.2, 0.25) is 11.8 Å². The highest BCUT2D eigenvalue weighted by molar-refractivity contribution is 7.80. The zero-order chi connectivity index (χ0) is 15.7. The molecule has 0 aromatic heterocycles. The summed E-state index contributed by atoms with van der Waals surface area (Å²) in [4.78, 5) is 24.2. The second-order valence-corrected chi connectivity index (χ2v) is 5.03. The molecule has 1 aliphatic rings. The van der Waals surface area contributed by atoms with E-state index < -0.39 is 29.5 Å². The first-order valence-corrected chi connectivity index (χ1v) is 6.65. The molecule has 2 rings (SSSR count). The lowest BCUT2D eigenvalue weighted by atomic mass is 10.1. The van der Waals surface area contributed by atoms with E-state index in [1.165, 1.54) is 17.0 Å². The molecule has 1 aromatic carbocycles. The van der Waals surface area contributed by atoms with Gasteiger partial charge < -0.3 is 10.6 Å². The molecule has 21 heavy (non-hydrogen) atoms. The van der Waals surface area contributed by atoms with Crippen molar-refractivity contribution in [2.45, 2.75) is 19.4 Å². The lowest BCUT2D eigenvalue weighted by Crippen LogP contribution is -2.58. The number of piperazine rings is 1. The van der Waals surface area contributed by atoms with Gasteiger partial charge in [-0.1, -0.05) is 19.1 Å². The lowest BCUT2D eigenvalue weighted by Gasteiger charge is -2.35. The highest BCUT2D eigenvalue weighted by Gasteiger charge is 2.34. The van der Waals surface area contributed by atoms with Gasteiger partial charge in [-0.2, -0.15) is 0 Å². The van der Waals surface area contributed by atoms with Gasteiger partial charge in [-0.15, -0.1) is 0 Å². The Balaban J connectivity index is 2.49. The highest BCUT2D eigenvalue weighted by Crippen LogP contribution is 2.27. The molecule has 0 saturated carbocycles. The topological polar surface area (TPSA) is 75.4 Å². The lowest BCUT2D eigenvalue weighted by molar-refractivity contribution is -0.132. The van der Waals surface area contributed by atoms with Crippen LogP contribution in [-0.2, 0) is 9.59 Å². The quantitative estimate of drug-likeness (QED) is 0.639. The molecule has 0 spiro atoms. The number of nitrogens with zero attached hydrogens (tertiary/aromatic N) is 1. The highest BCUT2D eigenvalue weighted by atomic mass is 32.1. The van der Waals surface area contributed by atoms with Crippen LogP contribution in [0, 0.1) is 11.6 Å². The monoisotopic (exact) mass is 313 g/mol. The third kappa shape index (κ3) is 2.71. The Bertz CT molecular complexity index is 636. The molecule has 0 bridgehead atoms. The number of thiocarbonyl (C=S) groups is 1. The van der Waals surface area contributed by atoms with E-state index in [0.29, 0.717) is 6.42 Å². The molecule has 0 aliphatic carbocycles. The maximum atomic E-state index is 14.2. The zero-order valence-electron chi connectivity index (χ0n) is 11.2. The largest absolute Gasteiger partial charge is 0.389 e. The number of hydrogen-bond donors (Lipinski definition) is 2. The van der Waals surface area contributed by atoms with Crippen molar-refractivity contribution < 1.29 is 18.4 Å². The number of carbonyl (C=O) groups is 2. The van der Waals surface area contributed by atoms with Crippen LogP contribution in [0.5, 0.6) is 0 Å². The Morgan fingerprint density at radius 1 is 1.43 bits per heavy atom. The maximum Gasteiger partial charge on any atom is 0.249 e. The summed E-state index contributed by atoms with van der Waals surface area (Å²) in [5.74, 6) is -3.47.